The standard InChI is InChI=1S/C7H18NO2PS2/c1-6-7(2,3)8-13-11(12,9-4)10-5/h8H,6H2,1-5H3. The second-order valence-electron chi connectivity index (χ2n) is 3.24. The molecule has 0 aliphatic carbocycles. The molecule has 0 amide bonds. The van der Waals surface area contributed by atoms with Crippen molar-refractivity contribution in [1.29, 1.82) is 0 Å². The Morgan fingerprint density at radius 3 is 2.15 bits per heavy atom. The predicted molar refractivity (Wildman–Crippen MR) is 63.4 cm³/mol. The van der Waals surface area contributed by atoms with Crippen LogP contribution in [0.25, 0.3) is 0 Å². The van der Waals surface area contributed by atoms with E-state index in [4.69, 9.17) is 20.9 Å². The van der Waals surface area contributed by atoms with Crippen LogP contribution in [0.5, 0.6) is 0 Å². The first-order valence-electron chi connectivity index (χ1n) is 4.06. The van der Waals surface area contributed by atoms with Gasteiger partial charge in [0.2, 0.25) is 0 Å². The van der Waals surface area contributed by atoms with Crippen LogP contribution < -0.4 is 4.72 Å². The molecule has 0 heterocycles. The van der Waals surface area contributed by atoms with E-state index in [2.05, 4.69) is 25.5 Å². The lowest BCUT2D eigenvalue weighted by Gasteiger charge is -2.26. The van der Waals surface area contributed by atoms with Crippen LogP contribution in [0.3, 0.4) is 0 Å². The van der Waals surface area contributed by atoms with E-state index < -0.39 is 5.69 Å². The lowest BCUT2D eigenvalue weighted by molar-refractivity contribution is 0.353. The van der Waals surface area contributed by atoms with Crippen LogP contribution in [0.1, 0.15) is 27.2 Å². The molecule has 0 fully saturated rings. The molecule has 0 rings (SSSR count). The van der Waals surface area contributed by atoms with E-state index in [1.54, 1.807) is 14.2 Å². The van der Waals surface area contributed by atoms with E-state index >= 15 is 0 Å². The fraction of sp³-hybridized carbons (Fsp3) is 1.00. The summed E-state index contributed by atoms with van der Waals surface area (Å²) in [4.78, 5) is 0. The van der Waals surface area contributed by atoms with Crippen molar-refractivity contribution in [3.05, 3.63) is 0 Å². The van der Waals surface area contributed by atoms with E-state index in [0.717, 1.165) is 6.42 Å². The molecule has 0 aliphatic rings. The minimum Gasteiger partial charge on any atom is -0.324 e. The molecule has 80 valence electrons. The smallest absolute Gasteiger partial charge is 0.261 e. The number of hydrogen-bond donors (Lipinski definition) is 1. The second kappa shape index (κ2) is 5.69. The first kappa shape index (κ1) is 13.9. The van der Waals surface area contributed by atoms with Gasteiger partial charge in [0.05, 0.1) is 0 Å². The average Bonchev–Trinajstić information content (AvgIpc) is 2.14. The van der Waals surface area contributed by atoms with E-state index in [1.807, 2.05) is 0 Å². The van der Waals surface area contributed by atoms with Crippen LogP contribution in [0, 0.1) is 0 Å². The Morgan fingerprint density at radius 2 is 1.85 bits per heavy atom. The highest BCUT2D eigenvalue weighted by atomic mass is 32.9. The van der Waals surface area contributed by atoms with E-state index in [1.165, 1.54) is 11.6 Å². The summed E-state index contributed by atoms with van der Waals surface area (Å²) < 4.78 is 13.5. The van der Waals surface area contributed by atoms with E-state index in [9.17, 15) is 0 Å². The van der Waals surface area contributed by atoms with Crippen molar-refractivity contribution >= 4 is 29.1 Å². The Morgan fingerprint density at radius 1 is 1.38 bits per heavy atom. The molecule has 13 heavy (non-hydrogen) atoms. The second-order valence-corrected chi connectivity index (χ2v) is 9.38. The van der Waals surface area contributed by atoms with Gasteiger partial charge in [-0.3, -0.25) is 4.72 Å². The minimum absolute atomic E-state index is 0.0613. The molecule has 0 spiro atoms. The van der Waals surface area contributed by atoms with Gasteiger partial charge in [0.15, 0.2) is 0 Å². The van der Waals surface area contributed by atoms with Crippen molar-refractivity contribution in [2.75, 3.05) is 14.2 Å². The third-order valence-electron chi connectivity index (χ3n) is 1.76. The molecule has 0 aromatic carbocycles. The van der Waals surface area contributed by atoms with Gasteiger partial charge in [0.1, 0.15) is 0 Å². The Labute approximate surface area is 90.0 Å². The maximum absolute atomic E-state index is 5.19. The Kier molecular flexibility index (Phi) is 6.07. The SMILES string of the molecule is CCC(C)(C)NSP(=S)(OC)OC. The maximum Gasteiger partial charge on any atom is 0.261 e. The molecule has 0 radical (unpaired) electrons. The van der Waals surface area contributed by atoms with Crippen molar-refractivity contribution in [3.8, 4) is 0 Å². The summed E-state index contributed by atoms with van der Waals surface area (Å²) in [7, 11) is 3.16. The first-order chi connectivity index (χ1) is 5.89. The van der Waals surface area contributed by atoms with Gasteiger partial charge in [-0.15, -0.1) is 0 Å². The molecular formula is C7H18NO2PS2. The Balaban J connectivity index is 4.07. The number of nitrogens with one attached hydrogen (secondary N) is 1. The van der Waals surface area contributed by atoms with Crippen molar-refractivity contribution < 1.29 is 9.05 Å². The summed E-state index contributed by atoms with van der Waals surface area (Å²) in [6.07, 6.45) is 1.03. The molecule has 1 N–H and O–H groups in total. The predicted octanol–water partition coefficient (Wildman–Crippen LogP) is 2.93. The fourth-order valence-electron chi connectivity index (χ4n) is 0.401. The van der Waals surface area contributed by atoms with Crippen molar-refractivity contribution in [2.45, 2.75) is 32.7 Å². The van der Waals surface area contributed by atoms with Crippen molar-refractivity contribution in [2.24, 2.45) is 0 Å². The van der Waals surface area contributed by atoms with Gasteiger partial charge in [-0.2, -0.15) is 0 Å². The molecule has 3 nitrogen and oxygen atoms in total. The van der Waals surface area contributed by atoms with Crippen LogP contribution in [-0.4, -0.2) is 19.8 Å². The Bertz CT molecular complexity index is 191. The van der Waals surface area contributed by atoms with Crippen molar-refractivity contribution in [3.63, 3.8) is 0 Å². The van der Waals surface area contributed by atoms with Gasteiger partial charge in [0.25, 0.3) is 5.69 Å². The largest absolute Gasteiger partial charge is 0.324 e. The van der Waals surface area contributed by atoms with Crippen LogP contribution in [0.2, 0.25) is 0 Å². The summed E-state index contributed by atoms with van der Waals surface area (Å²) in [5, 5.41) is 0. The van der Waals surface area contributed by atoms with E-state index in [-0.39, 0.29) is 5.54 Å². The highest BCUT2D eigenvalue weighted by molar-refractivity contribution is 8.67. The highest BCUT2D eigenvalue weighted by Gasteiger charge is 2.22. The molecule has 0 aromatic heterocycles. The highest BCUT2D eigenvalue weighted by Crippen LogP contribution is 2.58. The topological polar surface area (TPSA) is 30.5 Å². The van der Waals surface area contributed by atoms with Crippen LogP contribution in [0.15, 0.2) is 0 Å². The summed E-state index contributed by atoms with van der Waals surface area (Å²) in [5.41, 5.74) is -2.09. The molecule has 0 saturated heterocycles. The molecule has 6 heteroatoms. The zero-order valence-electron chi connectivity index (χ0n) is 8.79. The monoisotopic (exact) mass is 243 g/mol. The zero-order valence-corrected chi connectivity index (χ0v) is 11.3. The molecule has 0 saturated carbocycles. The van der Waals surface area contributed by atoms with Gasteiger partial charge < -0.3 is 9.05 Å². The van der Waals surface area contributed by atoms with Crippen LogP contribution in [-0.2, 0) is 20.9 Å². The summed E-state index contributed by atoms with van der Waals surface area (Å²) >= 11 is 6.57. The third kappa shape index (κ3) is 5.35. The lowest BCUT2D eigenvalue weighted by Crippen LogP contribution is -2.33. The minimum atomic E-state index is -2.15. The molecule has 0 bridgehead atoms. The van der Waals surface area contributed by atoms with Gasteiger partial charge in [-0.05, 0) is 32.1 Å². The maximum atomic E-state index is 5.19. The Hall–Kier alpha value is 0.880. The lowest BCUT2D eigenvalue weighted by atomic mass is 10.0. The summed E-state index contributed by atoms with van der Waals surface area (Å²) in [5.74, 6) is 0. The zero-order chi connectivity index (χ0) is 10.5. The van der Waals surface area contributed by atoms with Gasteiger partial charge in [-0.25, -0.2) is 0 Å². The molecule has 0 aromatic rings. The first-order valence-corrected chi connectivity index (χ1v) is 8.12. The number of hydrogen-bond acceptors (Lipinski definition) is 5. The van der Waals surface area contributed by atoms with Crippen LogP contribution in [0.4, 0.5) is 0 Å². The summed E-state index contributed by atoms with van der Waals surface area (Å²) in [6, 6.07) is 0. The molecule has 0 unspecified atom stereocenters. The van der Waals surface area contributed by atoms with Gasteiger partial charge in [0, 0.05) is 31.3 Å². The number of rotatable bonds is 6. The molecule has 0 atom stereocenters. The van der Waals surface area contributed by atoms with Gasteiger partial charge in [-0.1, -0.05) is 6.92 Å². The van der Waals surface area contributed by atoms with Crippen molar-refractivity contribution in [1.82, 2.24) is 4.72 Å². The molecular weight excluding hydrogens is 225 g/mol. The van der Waals surface area contributed by atoms with Gasteiger partial charge >= 0.3 is 0 Å². The fourth-order valence-corrected chi connectivity index (χ4v) is 3.06. The van der Waals surface area contributed by atoms with E-state index in [0.29, 0.717) is 0 Å². The average molecular weight is 243 g/mol. The summed E-state index contributed by atoms with van der Waals surface area (Å²) in [6.45, 7) is 6.35. The van der Waals surface area contributed by atoms with Crippen LogP contribution >= 0.6 is 17.3 Å². The quantitative estimate of drug-likeness (QED) is 0.572. The molecule has 0 aliphatic heterocycles. The third-order valence-corrected chi connectivity index (χ3v) is 6.93. The normalized spacial score (nSPS) is 13.3.